The number of hydrogen-bond donors (Lipinski definition) is 1. The van der Waals surface area contributed by atoms with Crippen LogP contribution in [0.1, 0.15) is 33.4 Å². The van der Waals surface area contributed by atoms with Gasteiger partial charge in [0.2, 0.25) is 0 Å². The Bertz CT molecular complexity index is 988. The third-order valence-electron chi connectivity index (χ3n) is 5.59. The molecule has 0 bridgehead atoms. The van der Waals surface area contributed by atoms with Gasteiger partial charge in [-0.1, -0.05) is 20.8 Å². The maximum Gasteiger partial charge on any atom is 0.264 e. The topological polar surface area (TPSA) is 131 Å². The Kier molecular flexibility index (Phi) is 5.77. The molecule has 3 heterocycles. The summed E-state index contributed by atoms with van der Waals surface area (Å²) in [7, 11) is -5.70. The van der Waals surface area contributed by atoms with Crippen LogP contribution in [0.4, 0.5) is 5.82 Å². The first kappa shape index (κ1) is 22.1. The summed E-state index contributed by atoms with van der Waals surface area (Å²) in [5.41, 5.74) is 6.85. The van der Waals surface area contributed by atoms with Crippen molar-refractivity contribution in [2.75, 3.05) is 18.6 Å². The molecule has 2 aromatic heterocycles. The van der Waals surface area contributed by atoms with Crippen molar-refractivity contribution in [2.24, 2.45) is 0 Å². The molecular weight excluding hydrogens is 414 g/mol. The van der Waals surface area contributed by atoms with E-state index in [4.69, 9.17) is 19.1 Å². The lowest BCUT2D eigenvalue weighted by atomic mass is 10.2. The van der Waals surface area contributed by atoms with Gasteiger partial charge in [-0.05, 0) is 18.1 Å². The van der Waals surface area contributed by atoms with Gasteiger partial charge in [0.15, 0.2) is 19.8 Å². The molecule has 12 heteroatoms. The van der Waals surface area contributed by atoms with Gasteiger partial charge < -0.3 is 14.9 Å². The number of imidazole rings is 1. The zero-order chi connectivity index (χ0) is 21.6. The first-order chi connectivity index (χ1) is 13.3. The molecule has 2 aromatic rings. The number of anilines is 1. The quantitative estimate of drug-likeness (QED) is 0.526. The number of ether oxygens (including phenoxy) is 1. The van der Waals surface area contributed by atoms with Gasteiger partial charge in [0, 0.05) is 6.42 Å². The second-order valence-electron chi connectivity index (χ2n) is 8.86. The highest BCUT2D eigenvalue weighted by atomic mass is 32.2. The highest BCUT2D eigenvalue weighted by molar-refractivity contribution is 7.86. The monoisotopic (exact) mass is 443 g/mol. The van der Waals surface area contributed by atoms with Crippen LogP contribution in [0.3, 0.4) is 0 Å². The molecule has 29 heavy (non-hydrogen) atoms. The molecule has 1 aliphatic rings. The van der Waals surface area contributed by atoms with Crippen LogP contribution in [-0.2, 0) is 23.5 Å². The molecule has 0 radical (unpaired) electrons. The van der Waals surface area contributed by atoms with Crippen LogP contribution in [0.25, 0.3) is 11.2 Å². The van der Waals surface area contributed by atoms with E-state index in [1.54, 1.807) is 10.9 Å². The van der Waals surface area contributed by atoms with Gasteiger partial charge in [-0.3, -0.25) is 8.75 Å². The highest BCUT2D eigenvalue weighted by Crippen LogP contribution is 2.39. The van der Waals surface area contributed by atoms with E-state index in [0.29, 0.717) is 17.6 Å². The lowest BCUT2D eigenvalue weighted by molar-refractivity contribution is -0.0356. The molecule has 10 nitrogen and oxygen atoms in total. The molecule has 1 fully saturated rings. The summed E-state index contributed by atoms with van der Waals surface area (Å²) in [5, 5.41) is 0.0210. The van der Waals surface area contributed by atoms with E-state index < -0.39 is 36.9 Å². The van der Waals surface area contributed by atoms with Gasteiger partial charge in [-0.2, -0.15) is 8.42 Å². The minimum absolute atomic E-state index is 0.0210. The summed E-state index contributed by atoms with van der Waals surface area (Å²) >= 11 is 0. The fourth-order valence-electron chi connectivity index (χ4n) is 2.93. The fourth-order valence-corrected chi connectivity index (χ4v) is 4.60. The number of rotatable bonds is 6. The van der Waals surface area contributed by atoms with E-state index in [1.807, 2.05) is 0 Å². The van der Waals surface area contributed by atoms with Crippen LogP contribution in [0.5, 0.6) is 0 Å². The summed E-state index contributed by atoms with van der Waals surface area (Å²) in [6.07, 6.45) is 2.55. The van der Waals surface area contributed by atoms with Crippen molar-refractivity contribution in [3.05, 3.63) is 12.7 Å². The van der Waals surface area contributed by atoms with E-state index in [9.17, 15) is 8.42 Å². The maximum atomic E-state index is 11.8. The van der Waals surface area contributed by atoms with Crippen LogP contribution in [-0.4, -0.2) is 61.3 Å². The minimum atomic E-state index is -3.66. The average Bonchev–Trinajstić information content (AvgIpc) is 3.15. The lowest BCUT2D eigenvalue weighted by Gasteiger charge is -2.37. The van der Waals surface area contributed by atoms with Gasteiger partial charge in [-0.15, -0.1) is 0 Å². The Balaban J connectivity index is 1.84. The predicted octanol–water partition coefficient (Wildman–Crippen LogP) is 2.06. The van der Waals surface area contributed by atoms with Gasteiger partial charge in [0.05, 0.1) is 19.2 Å². The normalized spacial score (nSPS) is 23.7. The predicted molar refractivity (Wildman–Crippen MR) is 111 cm³/mol. The van der Waals surface area contributed by atoms with E-state index in [0.717, 1.165) is 6.26 Å². The summed E-state index contributed by atoms with van der Waals surface area (Å²) in [5.74, 6) is 0.272. The third-order valence-corrected chi connectivity index (χ3v) is 10.7. The molecule has 1 aliphatic heterocycles. The highest BCUT2D eigenvalue weighted by Gasteiger charge is 2.43. The Morgan fingerprint density at radius 3 is 2.62 bits per heavy atom. The van der Waals surface area contributed by atoms with E-state index in [1.165, 1.54) is 6.33 Å². The van der Waals surface area contributed by atoms with Crippen molar-refractivity contribution in [1.82, 2.24) is 19.5 Å². The Labute approximate surface area is 172 Å². The third kappa shape index (κ3) is 4.77. The van der Waals surface area contributed by atoms with Crippen molar-refractivity contribution < 1.29 is 21.8 Å². The molecule has 162 valence electrons. The molecule has 3 rings (SSSR count). The molecule has 0 saturated carbocycles. The Morgan fingerprint density at radius 1 is 1.31 bits per heavy atom. The van der Waals surface area contributed by atoms with E-state index in [2.05, 4.69) is 48.8 Å². The second kappa shape index (κ2) is 7.58. The SMILES string of the molecule is CC(C)(C)[Si](C)(C)OC[C@@H]1O[C@H](n2cnc3c(N)ncnc32)C[C@H]1OS(C)(=O)=O. The van der Waals surface area contributed by atoms with Crippen LogP contribution in [0.2, 0.25) is 18.1 Å². The summed E-state index contributed by atoms with van der Waals surface area (Å²) in [6, 6.07) is 0. The minimum Gasteiger partial charge on any atom is -0.414 e. The summed E-state index contributed by atoms with van der Waals surface area (Å²) < 4.78 is 43.0. The standard InChI is InChI=1S/C17H29N5O5SSi/c1-17(2,3)29(5,6)25-8-12-11(27-28(4,23)24)7-13(26-12)22-10-21-14-15(18)19-9-20-16(14)22/h9-13H,7-8H2,1-6H3,(H2,18,19,20)/t11-,12+,13+/m1/s1. The van der Waals surface area contributed by atoms with Gasteiger partial charge in [-0.25, -0.2) is 15.0 Å². The van der Waals surface area contributed by atoms with Crippen LogP contribution < -0.4 is 5.73 Å². The number of nitrogen functional groups attached to an aromatic ring is 1. The largest absolute Gasteiger partial charge is 0.414 e. The number of hydrogen-bond acceptors (Lipinski definition) is 9. The molecule has 0 amide bonds. The molecule has 3 atom stereocenters. The summed E-state index contributed by atoms with van der Waals surface area (Å²) in [4.78, 5) is 12.4. The molecule has 0 spiro atoms. The van der Waals surface area contributed by atoms with Gasteiger partial charge in [0.1, 0.15) is 30.3 Å². The molecule has 0 unspecified atom stereocenters. The van der Waals surface area contributed by atoms with Gasteiger partial charge >= 0.3 is 0 Å². The Morgan fingerprint density at radius 2 is 2.00 bits per heavy atom. The van der Waals surface area contributed by atoms with Crippen molar-refractivity contribution in [1.29, 1.82) is 0 Å². The lowest BCUT2D eigenvalue weighted by Crippen LogP contribution is -2.44. The van der Waals surface area contributed by atoms with Crippen LogP contribution in [0, 0.1) is 0 Å². The van der Waals surface area contributed by atoms with E-state index in [-0.39, 0.29) is 17.5 Å². The van der Waals surface area contributed by atoms with E-state index >= 15 is 0 Å². The zero-order valence-corrected chi connectivity index (χ0v) is 19.4. The Hall–Kier alpha value is -1.60. The molecule has 1 saturated heterocycles. The average molecular weight is 444 g/mol. The molecule has 0 aromatic carbocycles. The van der Waals surface area contributed by atoms with Gasteiger partial charge in [0.25, 0.3) is 10.1 Å². The number of nitrogens with zero attached hydrogens (tertiary/aromatic N) is 4. The zero-order valence-electron chi connectivity index (χ0n) is 17.6. The van der Waals surface area contributed by atoms with Crippen molar-refractivity contribution in [2.45, 2.75) is 63.8 Å². The molecule has 0 aliphatic carbocycles. The molecular formula is C17H29N5O5SSi. The molecule has 2 N–H and O–H groups in total. The first-order valence-corrected chi connectivity index (χ1v) is 14.1. The number of aromatic nitrogens is 4. The van der Waals surface area contributed by atoms with Crippen molar-refractivity contribution in [3.63, 3.8) is 0 Å². The summed E-state index contributed by atoms with van der Waals surface area (Å²) in [6.45, 7) is 10.9. The van der Waals surface area contributed by atoms with Crippen molar-refractivity contribution in [3.8, 4) is 0 Å². The van der Waals surface area contributed by atoms with Crippen LogP contribution in [0.15, 0.2) is 12.7 Å². The number of nitrogens with two attached hydrogens (primary N) is 1. The maximum absolute atomic E-state index is 11.8. The fraction of sp³-hybridized carbons (Fsp3) is 0.706. The van der Waals surface area contributed by atoms with Crippen molar-refractivity contribution >= 4 is 35.4 Å². The first-order valence-electron chi connectivity index (χ1n) is 9.39. The number of fused-ring (bicyclic) bond motifs is 1. The smallest absolute Gasteiger partial charge is 0.264 e. The van der Waals surface area contributed by atoms with Crippen LogP contribution >= 0.6 is 0 Å². The second-order valence-corrected chi connectivity index (χ2v) is 15.3.